The molecule has 2 saturated heterocycles. The monoisotopic (exact) mass is 508 g/mol. The second-order valence-corrected chi connectivity index (χ2v) is 9.66. The Balaban J connectivity index is 1.07. The number of nitrogens with one attached hydrogen (secondary N) is 3. The molecule has 2 aliphatic heterocycles. The van der Waals surface area contributed by atoms with Crippen LogP contribution in [-0.4, -0.2) is 75.1 Å². The van der Waals surface area contributed by atoms with E-state index in [9.17, 15) is 0 Å². The van der Waals surface area contributed by atoms with Crippen LogP contribution in [0, 0.1) is 6.92 Å². The van der Waals surface area contributed by atoms with Crippen molar-refractivity contribution in [2.45, 2.75) is 19.4 Å². The summed E-state index contributed by atoms with van der Waals surface area (Å²) in [6.07, 6.45) is 4.70. The third-order valence-corrected chi connectivity index (χ3v) is 7.04. The normalized spacial score (nSPS) is 17.9. The summed E-state index contributed by atoms with van der Waals surface area (Å²) in [6, 6.07) is 18.6. The Kier molecular flexibility index (Phi) is 7.05. The zero-order valence-electron chi connectivity index (χ0n) is 21.5. The molecule has 0 saturated carbocycles. The van der Waals surface area contributed by atoms with Crippen LogP contribution in [0.25, 0.3) is 11.5 Å². The van der Waals surface area contributed by atoms with Crippen LogP contribution >= 0.6 is 0 Å². The van der Waals surface area contributed by atoms with Crippen LogP contribution in [0.4, 0.5) is 29.0 Å². The fourth-order valence-corrected chi connectivity index (χ4v) is 5.02. The van der Waals surface area contributed by atoms with Crippen molar-refractivity contribution >= 4 is 29.0 Å². The van der Waals surface area contributed by atoms with Gasteiger partial charge in [0.1, 0.15) is 17.3 Å². The number of aromatic nitrogens is 5. The van der Waals surface area contributed by atoms with Gasteiger partial charge in [0.2, 0.25) is 5.95 Å². The molecule has 2 aliphatic rings. The van der Waals surface area contributed by atoms with Gasteiger partial charge in [-0.2, -0.15) is 4.98 Å². The number of nitrogens with zero attached hydrogens (tertiary/aromatic N) is 7. The van der Waals surface area contributed by atoms with Gasteiger partial charge in [-0.25, -0.2) is 19.9 Å². The van der Waals surface area contributed by atoms with E-state index >= 15 is 0 Å². The maximum atomic E-state index is 4.61. The molecule has 5 heterocycles. The number of anilines is 5. The zero-order valence-corrected chi connectivity index (χ0v) is 21.5. The first-order valence-electron chi connectivity index (χ1n) is 13.1. The topological polar surface area (TPSA) is 107 Å². The predicted molar refractivity (Wildman–Crippen MR) is 150 cm³/mol. The maximum absolute atomic E-state index is 4.61. The Bertz CT molecular complexity index is 1360. The Morgan fingerprint density at radius 2 is 1.61 bits per heavy atom. The van der Waals surface area contributed by atoms with Crippen molar-refractivity contribution in [3.8, 4) is 11.5 Å². The molecule has 38 heavy (non-hydrogen) atoms. The van der Waals surface area contributed by atoms with Crippen LogP contribution in [0.5, 0.6) is 0 Å². The highest BCUT2D eigenvalue weighted by Crippen LogP contribution is 2.23. The summed E-state index contributed by atoms with van der Waals surface area (Å²) in [5.41, 5.74) is 3.84. The van der Waals surface area contributed by atoms with Crippen molar-refractivity contribution in [2.24, 2.45) is 0 Å². The standard InChI is InChI=1S/C28H32N10/c1-20-3-2-4-24(32-20)27-30-13-10-25(35-27)34-26-11-14-31-28(36-26)33-21-5-7-22(8-6-21)37-15-17-38(18-16-37)23-9-12-29-19-23/h2-8,10-11,13-14,23,29H,9,12,15-19H2,1H3,(H2,30,31,33,34,35,36). The second-order valence-electron chi connectivity index (χ2n) is 9.66. The van der Waals surface area contributed by atoms with Crippen LogP contribution in [0.1, 0.15) is 12.1 Å². The van der Waals surface area contributed by atoms with Gasteiger partial charge in [0.25, 0.3) is 0 Å². The van der Waals surface area contributed by atoms with E-state index in [1.807, 2.05) is 31.2 Å². The molecule has 3 N–H and O–H groups in total. The number of benzene rings is 1. The molecule has 4 aromatic rings. The number of pyridine rings is 1. The summed E-state index contributed by atoms with van der Waals surface area (Å²) in [4.78, 5) is 27.6. The van der Waals surface area contributed by atoms with Crippen molar-refractivity contribution in [3.63, 3.8) is 0 Å². The van der Waals surface area contributed by atoms with Crippen LogP contribution < -0.4 is 20.9 Å². The highest BCUT2D eigenvalue weighted by atomic mass is 15.3. The maximum Gasteiger partial charge on any atom is 0.229 e. The molecule has 0 aliphatic carbocycles. The Morgan fingerprint density at radius 3 is 2.37 bits per heavy atom. The van der Waals surface area contributed by atoms with Gasteiger partial charge < -0.3 is 20.9 Å². The average molecular weight is 509 g/mol. The van der Waals surface area contributed by atoms with Crippen molar-refractivity contribution in [2.75, 3.05) is 54.8 Å². The van der Waals surface area contributed by atoms with E-state index < -0.39 is 0 Å². The third-order valence-electron chi connectivity index (χ3n) is 7.04. The zero-order chi connectivity index (χ0) is 25.7. The minimum atomic E-state index is 0.510. The molecule has 0 bridgehead atoms. The number of piperazine rings is 1. The van der Waals surface area contributed by atoms with Gasteiger partial charge in [-0.15, -0.1) is 0 Å². The Labute approximate surface area is 222 Å². The lowest BCUT2D eigenvalue weighted by molar-refractivity contribution is 0.196. The molecule has 1 aromatic carbocycles. The highest BCUT2D eigenvalue weighted by molar-refractivity contribution is 5.62. The molecular weight excluding hydrogens is 476 g/mol. The van der Waals surface area contributed by atoms with Gasteiger partial charge in [0, 0.05) is 68.2 Å². The van der Waals surface area contributed by atoms with Gasteiger partial charge in [-0.05, 0) is 68.4 Å². The number of hydrogen-bond acceptors (Lipinski definition) is 10. The van der Waals surface area contributed by atoms with Gasteiger partial charge in [0.05, 0.1) is 0 Å². The van der Waals surface area contributed by atoms with E-state index in [-0.39, 0.29) is 0 Å². The van der Waals surface area contributed by atoms with Gasteiger partial charge in [0.15, 0.2) is 5.82 Å². The van der Waals surface area contributed by atoms with Crippen LogP contribution in [0.15, 0.2) is 67.0 Å². The summed E-state index contributed by atoms with van der Waals surface area (Å²) in [5, 5.41) is 10.0. The van der Waals surface area contributed by atoms with E-state index in [1.165, 1.54) is 12.1 Å². The molecule has 0 spiro atoms. The minimum Gasteiger partial charge on any atom is -0.369 e. The quantitative estimate of drug-likeness (QED) is 0.343. The van der Waals surface area contributed by atoms with E-state index in [0.717, 1.165) is 56.3 Å². The van der Waals surface area contributed by atoms with E-state index in [4.69, 9.17) is 0 Å². The molecule has 194 valence electrons. The van der Waals surface area contributed by atoms with Crippen LogP contribution in [-0.2, 0) is 0 Å². The average Bonchev–Trinajstić information content (AvgIpc) is 3.49. The van der Waals surface area contributed by atoms with Gasteiger partial charge in [-0.1, -0.05) is 6.07 Å². The fourth-order valence-electron chi connectivity index (χ4n) is 5.02. The third kappa shape index (κ3) is 5.71. The first-order chi connectivity index (χ1) is 18.7. The number of rotatable bonds is 7. The molecule has 1 unspecified atom stereocenters. The summed E-state index contributed by atoms with van der Waals surface area (Å²) >= 11 is 0. The lowest BCUT2D eigenvalue weighted by atomic mass is 10.1. The fraction of sp³-hybridized carbons (Fsp3) is 0.321. The Morgan fingerprint density at radius 1 is 0.816 bits per heavy atom. The summed E-state index contributed by atoms with van der Waals surface area (Å²) in [7, 11) is 0. The number of aryl methyl sites for hydroxylation is 1. The lowest BCUT2D eigenvalue weighted by Crippen LogP contribution is -2.51. The molecule has 2 fully saturated rings. The first-order valence-corrected chi connectivity index (χ1v) is 13.1. The van der Waals surface area contributed by atoms with E-state index in [1.54, 1.807) is 18.5 Å². The highest BCUT2D eigenvalue weighted by Gasteiger charge is 2.26. The molecule has 10 heteroatoms. The summed E-state index contributed by atoms with van der Waals surface area (Å²) in [5.74, 6) is 2.34. The molecule has 0 radical (unpaired) electrons. The molecule has 6 rings (SSSR count). The first kappa shape index (κ1) is 24.2. The largest absolute Gasteiger partial charge is 0.369 e. The van der Waals surface area contributed by atoms with E-state index in [2.05, 4.69) is 74.9 Å². The van der Waals surface area contributed by atoms with Crippen molar-refractivity contribution in [1.82, 2.24) is 35.1 Å². The number of hydrogen-bond donors (Lipinski definition) is 3. The van der Waals surface area contributed by atoms with Gasteiger partial charge >= 0.3 is 0 Å². The summed E-state index contributed by atoms with van der Waals surface area (Å²) in [6.45, 7) is 8.59. The molecule has 0 amide bonds. The van der Waals surface area contributed by atoms with Crippen LogP contribution in [0.2, 0.25) is 0 Å². The molecular formula is C28H32N10. The summed E-state index contributed by atoms with van der Waals surface area (Å²) < 4.78 is 0. The van der Waals surface area contributed by atoms with Crippen molar-refractivity contribution < 1.29 is 0 Å². The molecule has 3 aromatic heterocycles. The predicted octanol–water partition coefficient (Wildman–Crippen LogP) is 3.61. The second kappa shape index (κ2) is 11.1. The van der Waals surface area contributed by atoms with Crippen LogP contribution in [0.3, 0.4) is 0 Å². The minimum absolute atomic E-state index is 0.510. The van der Waals surface area contributed by atoms with Gasteiger partial charge in [-0.3, -0.25) is 4.90 Å². The SMILES string of the molecule is Cc1cccc(-c2nccc(Nc3ccnc(Nc4ccc(N5CCN(C6CCNC6)CC5)cc4)n3)n2)n1. The van der Waals surface area contributed by atoms with E-state index in [0.29, 0.717) is 29.5 Å². The molecule has 10 nitrogen and oxygen atoms in total. The van der Waals surface area contributed by atoms with Crippen molar-refractivity contribution in [3.05, 3.63) is 72.7 Å². The van der Waals surface area contributed by atoms with Crippen molar-refractivity contribution in [1.29, 1.82) is 0 Å². The molecule has 1 atom stereocenters. The Hall–Kier alpha value is -4.15. The lowest BCUT2D eigenvalue weighted by Gasteiger charge is -2.39. The smallest absolute Gasteiger partial charge is 0.229 e.